The van der Waals surface area contributed by atoms with E-state index in [1.165, 1.54) is 24.3 Å². The van der Waals surface area contributed by atoms with Gasteiger partial charge in [0.25, 0.3) is 0 Å². The van der Waals surface area contributed by atoms with Gasteiger partial charge < -0.3 is 10.2 Å². The van der Waals surface area contributed by atoms with Crippen LogP contribution in [0.4, 0.5) is 0 Å². The first-order chi connectivity index (χ1) is 7.84. The Morgan fingerprint density at radius 3 is 3.07 bits per heavy atom. The van der Waals surface area contributed by atoms with Crippen LogP contribution in [-0.2, 0) is 0 Å². The third kappa shape index (κ3) is 2.70. The fourth-order valence-electron chi connectivity index (χ4n) is 1.03. The lowest BCUT2D eigenvalue weighted by molar-refractivity contribution is 0.127. The van der Waals surface area contributed by atoms with Gasteiger partial charge in [-0.1, -0.05) is 12.1 Å². The second kappa shape index (κ2) is 4.57. The molecule has 5 heteroatoms. The van der Waals surface area contributed by atoms with Crippen molar-refractivity contribution >= 4 is 0 Å². The van der Waals surface area contributed by atoms with E-state index in [1.54, 1.807) is 0 Å². The molecule has 0 amide bonds. The molecule has 5 nitrogen and oxygen atoms in total. The zero-order chi connectivity index (χ0) is 13.1. The second-order valence-electron chi connectivity index (χ2n) is 2.77. The van der Waals surface area contributed by atoms with Gasteiger partial charge in [0.05, 0.1) is 17.9 Å². The summed E-state index contributed by atoms with van der Waals surface area (Å²) in [7, 11) is 0. The van der Waals surface area contributed by atoms with Gasteiger partial charge in [-0.15, -0.1) is 4.91 Å². The maximum Gasteiger partial charge on any atom is 0.115 e. The van der Waals surface area contributed by atoms with E-state index in [1.807, 2.05) is 0 Å². The van der Waals surface area contributed by atoms with Gasteiger partial charge in [0.15, 0.2) is 0 Å². The molecule has 0 unspecified atom stereocenters. The highest BCUT2D eigenvalue weighted by Gasteiger charge is 2.10. The lowest BCUT2D eigenvalue weighted by Crippen LogP contribution is -2.18. The standard InChI is InChI=1S/C9H12N2O3/c1-11(10-14)6-9(13)7-3-2-4-8(12)5-7/h2-5,9,12-13H,6H2,1H3/t9-/m0/s1/i1D3. The minimum absolute atomic E-state index is 0.0546. The number of nitrogens with zero attached hydrogens (tertiary/aromatic N) is 2. The predicted molar refractivity (Wildman–Crippen MR) is 51.5 cm³/mol. The summed E-state index contributed by atoms with van der Waals surface area (Å²) in [4.78, 5) is 10.3. The van der Waals surface area contributed by atoms with E-state index in [9.17, 15) is 15.1 Å². The molecule has 0 bridgehead atoms. The van der Waals surface area contributed by atoms with Crippen molar-refractivity contribution in [2.24, 2.45) is 5.29 Å². The lowest BCUT2D eigenvalue weighted by Gasteiger charge is -2.14. The lowest BCUT2D eigenvalue weighted by atomic mass is 10.1. The molecule has 0 saturated heterocycles. The van der Waals surface area contributed by atoms with E-state index < -0.39 is 19.6 Å². The van der Waals surface area contributed by atoms with Crippen LogP contribution in [0.1, 0.15) is 15.8 Å². The van der Waals surface area contributed by atoms with Crippen LogP contribution in [-0.4, -0.2) is 28.7 Å². The van der Waals surface area contributed by atoms with Crippen molar-refractivity contribution in [1.82, 2.24) is 5.01 Å². The summed E-state index contributed by atoms with van der Waals surface area (Å²) >= 11 is 0. The second-order valence-corrected chi connectivity index (χ2v) is 2.77. The van der Waals surface area contributed by atoms with Crippen molar-refractivity contribution in [2.45, 2.75) is 6.10 Å². The Morgan fingerprint density at radius 1 is 1.71 bits per heavy atom. The molecule has 0 heterocycles. The molecule has 0 aliphatic rings. The third-order valence-corrected chi connectivity index (χ3v) is 1.70. The molecule has 0 saturated carbocycles. The molecular weight excluding hydrogens is 184 g/mol. The molecule has 1 rings (SSSR count). The summed E-state index contributed by atoms with van der Waals surface area (Å²) in [5, 5.41) is 21.5. The summed E-state index contributed by atoms with van der Waals surface area (Å²) < 4.78 is 21.0. The zero-order valence-electron chi connectivity index (χ0n) is 10.3. The Balaban J connectivity index is 2.78. The van der Waals surface area contributed by atoms with Gasteiger partial charge in [-0.25, -0.2) is 0 Å². The number of aliphatic hydroxyl groups excluding tert-OH is 1. The minimum atomic E-state index is -2.69. The first-order valence-electron chi connectivity index (χ1n) is 5.42. The van der Waals surface area contributed by atoms with E-state index in [-0.39, 0.29) is 10.8 Å². The van der Waals surface area contributed by atoms with Gasteiger partial charge in [-0.3, -0.25) is 5.01 Å². The van der Waals surface area contributed by atoms with Crippen molar-refractivity contribution in [2.75, 3.05) is 13.5 Å². The Labute approximate surface area is 85.8 Å². The number of likely N-dealkylation sites (N-methyl/N-ethyl adjacent to an activating group) is 1. The SMILES string of the molecule is [2H]C([2H])([2H])N(C[C@H](O)c1cccc(O)c1)N=O. The first-order valence-corrected chi connectivity index (χ1v) is 3.92. The summed E-state index contributed by atoms with van der Waals surface area (Å²) in [6.07, 6.45) is -1.22. The molecule has 1 atom stereocenters. The number of phenolic OH excluding ortho intramolecular Hbond substituents is 1. The highest BCUT2D eigenvalue weighted by Crippen LogP contribution is 2.18. The van der Waals surface area contributed by atoms with Gasteiger partial charge in [0.2, 0.25) is 0 Å². The monoisotopic (exact) mass is 199 g/mol. The van der Waals surface area contributed by atoms with Gasteiger partial charge in [0.1, 0.15) is 5.75 Å². The Kier molecular flexibility index (Phi) is 2.21. The van der Waals surface area contributed by atoms with Crippen molar-refractivity contribution in [3.8, 4) is 5.75 Å². The normalized spacial score (nSPS) is 16.2. The molecule has 76 valence electrons. The van der Waals surface area contributed by atoms with Gasteiger partial charge >= 0.3 is 0 Å². The highest BCUT2D eigenvalue weighted by atomic mass is 16.3. The Bertz CT molecular complexity index is 397. The van der Waals surface area contributed by atoms with E-state index in [2.05, 4.69) is 5.29 Å². The summed E-state index contributed by atoms with van der Waals surface area (Å²) in [6, 6.07) is 5.71. The fourth-order valence-corrected chi connectivity index (χ4v) is 1.03. The largest absolute Gasteiger partial charge is 0.508 e. The van der Waals surface area contributed by atoms with Crippen LogP contribution in [0.2, 0.25) is 0 Å². The molecule has 1 aromatic carbocycles. The number of aromatic hydroxyl groups is 1. The van der Waals surface area contributed by atoms with Crippen LogP contribution in [0.3, 0.4) is 0 Å². The van der Waals surface area contributed by atoms with E-state index in [0.717, 1.165) is 0 Å². The molecule has 14 heavy (non-hydrogen) atoms. The highest BCUT2D eigenvalue weighted by molar-refractivity contribution is 5.28. The van der Waals surface area contributed by atoms with Crippen LogP contribution in [0, 0.1) is 4.91 Å². The van der Waals surface area contributed by atoms with Crippen LogP contribution >= 0.6 is 0 Å². The summed E-state index contributed by atoms with van der Waals surface area (Å²) in [5.74, 6) is -0.0546. The molecule has 0 aromatic heterocycles. The number of nitroso groups, excluding NO2 is 1. The van der Waals surface area contributed by atoms with E-state index in [4.69, 9.17) is 4.11 Å². The van der Waals surface area contributed by atoms with Crippen LogP contribution in [0.5, 0.6) is 5.75 Å². The van der Waals surface area contributed by atoms with Crippen LogP contribution in [0.25, 0.3) is 0 Å². The van der Waals surface area contributed by atoms with Crippen molar-refractivity contribution < 1.29 is 14.3 Å². The van der Waals surface area contributed by atoms with Crippen molar-refractivity contribution in [3.63, 3.8) is 0 Å². The minimum Gasteiger partial charge on any atom is -0.508 e. The molecule has 0 fully saturated rings. The Morgan fingerprint density at radius 2 is 2.50 bits per heavy atom. The topological polar surface area (TPSA) is 73.1 Å². The van der Waals surface area contributed by atoms with E-state index >= 15 is 0 Å². The Hall–Kier alpha value is -1.62. The fraction of sp³-hybridized carbons (Fsp3) is 0.333. The number of hydrogen-bond donors (Lipinski definition) is 2. The van der Waals surface area contributed by atoms with Gasteiger partial charge in [-0.05, 0) is 17.7 Å². The molecular formula is C9H12N2O3. The number of aliphatic hydroxyl groups is 1. The maximum absolute atomic E-state index is 10.3. The van der Waals surface area contributed by atoms with E-state index in [0.29, 0.717) is 5.56 Å². The average Bonchev–Trinajstić information content (AvgIpc) is 2.23. The molecule has 2 N–H and O–H groups in total. The average molecular weight is 199 g/mol. The maximum atomic E-state index is 10.3. The number of benzene rings is 1. The summed E-state index contributed by atoms with van der Waals surface area (Å²) in [6.45, 7) is -3.16. The summed E-state index contributed by atoms with van der Waals surface area (Å²) in [5.41, 5.74) is 0.308. The molecule has 0 aliphatic heterocycles. The molecule has 0 aliphatic carbocycles. The molecule has 0 radical (unpaired) electrons. The number of rotatable bonds is 4. The molecule has 1 aromatic rings. The third-order valence-electron chi connectivity index (χ3n) is 1.70. The van der Waals surface area contributed by atoms with Gasteiger partial charge in [0, 0.05) is 11.1 Å². The quantitative estimate of drug-likeness (QED) is 0.561. The zero-order valence-corrected chi connectivity index (χ0v) is 7.29. The first kappa shape index (κ1) is 6.78. The van der Waals surface area contributed by atoms with Crippen LogP contribution in [0.15, 0.2) is 29.6 Å². The van der Waals surface area contributed by atoms with Crippen molar-refractivity contribution in [3.05, 3.63) is 34.7 Å². The smallest absolute Gasteiger partial charge is 0.115 e. The number of hydrogen-bond acceptors (Lipinski definition) is 4. The van der Waals surface area contributed by atoms with Gasteiger partial charge in [-0.2, -0.15) is 0 Å². The van der Waals surface area contributed by atoms with Crippen LogP contribution < -0.4 is 0 Å². The van der Waals surface area contributed by atoms with Crippen molar-refractivity contribution in [1.29, 1.82) is 0 Å². The predicted octanol–water partition coefficient (Wildman–Crippen LogP) is 1.04. The molecule has 0 spiro atoms. The number of phenols is 1.